The van der Waals surface area contributed by atoms with E-state index in [0.29, 0.717) is 0 Å². The van der Waals surface area contributed by atoms with Crippen LogP contribution in [-0.2, 0) is 11.3 Å². The molecule has 1 unspecified atom stereocenters. The van der Waals surface area contributed by atoms with Crippen LogP contribution in [0.2, 0.25) is 10.0 Å². The number of likely N-dealkylation sites (N-methyl/N-ethyl adjacent to an activating group) is 1. The normalized spacial score (nSPS) is 12.0. The van der Waals surface area contributed by atoms with E-state index in [9.17, 15) is 9.59 Å². The first-order valence-corrected chi connectivity index (χ1v) is 7.39. The van der Waals surface area contributed by atoms with Gasteiger partial charge in [-0.3, -0.25) is 9.59 Å². The van der Waals surface area contributed by atoms with Crippen molar-refractivity contribution >= 4 is 29.1 Å². The van der Waals surface area contributed by atoms with Crippen LogP contribution in [0.3, 0.4) is 0 Å². The highest BCUT2D eigenvalue weighted by Gasteiger charge is 2.19. The second-order valence-electron chi connectivity index (χ2n) is 4.86. The Hall–Kier alpha value is -1.85. The second-order valence-corrected chi connectivity index (χ2v) is 5.65. The summed E-state index contributed by atoms with van der Waals surface area (Å²) >= 11 is 11.5. The quantitative estimate of drug-likeness (QED) is 0.860. The number of amides is 1. The first-order valence-electron chi connectivity index (χ1n) is 6.63. The van der Waals surface area contributed by atoms with Crippen molar-refractivity contribution in [3.8, 4) is 0 Å². The molecular formula is C15H15Cl2N3O2. The Balaban J connectivity index is 2.16. The number of carbonyl (C=O) groups excluding carboxylic acids is 1. The molecule has 0 fully saturated rings. The fourth-order valence-corrected chi connectivity index (χ4v) is 2.24. The topological polar surface area (TPSA) is 55.2 Å². The van der Waals surface area contributed by atoms with Crippen molar-refractivity contribution in [3.63, 3.8) is 0 Å². The van der Waals surface area contributed by atoms with E-state index in [1.165, 1.54) is 6.20 Å². The lowest BCUT2D eigenvalue weighted by molar-refractivity contribution is -0.132. The van der Waals surface area contributed by atoms with E-state index in [4.69, 9.17) is 23.2 Å². The van der Waals surface area contributed by atoms with Crippen LogP contribution in [0.4, 0.5) is 0 Å². The summed E-state index contributed by atoms with van der Waals surface area (Å²) in [5.74, 6) is -0.246. The molecule has 0 aliphatic heterocycles. The van der Waals surface area contributed by atoms with E-state index >= 15 is 0 Å². The van der Waals surface area contributed by atoms with Gasteiger partial charge in [-0.05, 0) is 12.5 Å². The Kier molecular flexibility index (Phi) is 5.21. The van der Waals surface area contributed by atoms with Crippen molar-refractivity contribution in [2.24, 2.45) is 0 Å². The third-order valence-corrected chi connectivity index (χ3v) is 4.23. The molecule has 2 aromatic rings. The molecule has 1 amide bonds. The maximum absolute atomic E-state index is 12.3. The smallest absolute Gasteiger partial charge is 0.287 e. The van der Waals surface area contributed by atoms with Gasteiger partial charge in [0.2, 0.25) is 5.91 Å². The average molecular weight is 340 g/mol. The van der Waals surface area contributed by atoms with Crippen LogP contribution >= 0.6 is 23.2 Å². The Morgan fingerprint density at radius 2 is 1.95 bits per heavy atom. The summed E-state index contributed by atoms with van der Waals surface area (Å²) in [6, 6.07) is 9.50. The molecule has 1 heterocycles. The summed E-state index contributed by atoms with van der Waals surface area (Å²) in [4.78, 5) is 25.8. The minimum absolute atomic E-state index is 0.0707. The zero-order valence-electron chi connectivity index (χ0n) is 12.2. The van der Waals surface area contributed by atoms with Gasteiger partial charge in [-0.2, -0.15) is 5.10 Å². The third kappa shape index (κ3) is 3.48. The lowest BCUT2D eigenvalue weighted by Crippen LogP contribution is -2.36. The van der Waals surface area contributed by atoms with Gasteiger partial charge in [0, 0.05) is 7.05 Å². The van der Waals surface area contributed by atoms with Crippen LogP contribution in [0.1, 0.15) is 18.5 Å². The predicted molar refractivity (Wildman–Crippen MR) is 86.1 cm³/mol. The summed E-state index contributed by atoms with van der Waals surface area (Å²) in [5, 5.41) is 3.77. The molecule has 0 aliphatic carbocycles. The van der Waals surface area contributed by atoms with Crippen molar-refractivity contribution in [2.75, 3.05) is 7.05 Å². The van der Waals surface area contributed by atoms with Gasteiger partial charge in [-0.15, -0.1) is 0 Å². The predicted octanol–water partition coefficient (Wildman–Crippen LogP) is 2.77. The van der Waals surface area contributed by atoms with Crippen molar-refractivity contribution in [3.05, 3.63) is 62.5 Å². The summed E-state index contributed by atoms with van der Waals surface area (Å²) in [5.41, 5.74) is 0.427. The molecule has 5 nitrogen and oxygen atoms in total. The first-order chi connectivity index (χ1) is 10.4. The molecule has 116 valence electrons. The van der Waals surface area contributed by atoms with Crippen LogP contribution in [0.15, 0.2) is 41.3 Å². The highest BCUT2D eigenvalue weighted by atomic mass is 35.5. The Bertz CT molecular complexity index is 731. The summed E-state index contributed by atoms with van der Waals surface area (Å²) in [7, 11) is 1.68. The lowest BCUT2D eigenvalue weighted by Gasteiger charge is -2.25. The van der Waals surface area contributed by atoms with Crippen LogP contribution in [0, 0.1) is 0 Å². The van der Waals surface area contributed by atoms with Gasteiger partial charge in [0.1, 0.15) is 11.6 Å². The maximum atomic E-state index is 12.3. The fraction of sp³-hybridized carbons (Fsp3) is 0.267. The number of hydrogen-bond acceptors (Lipinski definition) is 3. The molecule has 0 bridgehead atoms. The standard InChI is InChI=1S/C15H15Cl2N3O2/c1-10(11-6-4-3-5-7-11)19(2)13(21)9-20-15(22)14(17)12(16)8-18-20/h3-8,10H,9H2,1-2H3. The number of rotatable bonds is 4. The van der Waals surface area contributed by atoms with Gasteiger partial charge in [-0.1, -0.05) is 53.5 Å². The molecule has 0 saturated heterocycles. The zero-order valence-corrected chi connectivity index (χ0v) is 13.7. The molecule has 2 rings (SSSR count). The van der Waals surface area contributed by atoms with Crippen molar-refractivity contribution < 1.29 is 4.79 Å². The summed E-state index contributed by atoms with van der Waals surface area (Å²) in [6.07, 6.45) is 1.25. The molecule has 0 N–H and O–H groups in total. The Morgan fingerprint density at radius 1 is 1.32 bits per heavy atom. The molecule has 0 spiro atoms. The zero-order chi connectivity index (χ0) is 16.3. The van der Waals surface area contributed by atoms with E-state index in [-0.39, 0.29) is 28.5 Å². The fourth-order valence-electron chi connectivity index (χ4n) is 1.97. The van der Waals surface area contributed by atoms with Crippen molar-refractivity contribution in [1.82, 2.24) is 14.7 Å². The molecular weight excluding hydrogens is 325 g/mol. The first kappa shape index (κ1) is 16.5. The average Bonchev–Trinajstić information content (AvgIpc) is 2.54. The van der Waals surface area contributed by atoms with Gasteiger partial charge in [0.25, 0.3) is 5.56 Å². The van der Waals surface area contributed by atoms with Crippen LogP contribution in [0.5, 0.6) is 0 Å². The lowest BCUT2D eigenvalue weighted by atomic mass is 10.1. The van der Waals surface area contributed by atoms with Gasteiger partial charge >= 0.3 is 0 Å². The van der Waals surface area contributed by atoms with E-state index in [0.717, 1.165) is 10.2 Å². The van der Waals surface area contributed by atoms with Crippen LogP contribution < -0.4 is 5.56 Å². The highest BCUT2D eigenvalue weighted by Crippen LogP contribution is 2.18. The third-order valence-electron chi connectivity index (χ3n) is 3.48. The van der Waals surface area contributed by atoms with Crippen molar-refractivity contribution in [2.45, 2.75) is 19.5 Å². The Morgan fingerprint density at radius 3 is 2.59 bits per heavy atom. The SMILES string of the molecule is CC(c1ccccc1)N(C)C(=O)Cn1ncc(Cl)c(Cl)c1=O. The summed E-state index contributed by atoms with van der Waals surface area (Å²) < 4.78 is 1.00. The van der Waals surface area contributed by atoms with E-state index in [2.05, 4.69) is 5.10 Å². The number of benzene rings is 1. The summed E-state index contributed by atoms with van der Waals surface area (Å²) in [6.45, 7) is 1.72. The molecule has 1 atom stereocenters. The molecule has 7 heteroatoms. The monoisotopic (exact) mass is 339 g/mol. The largest absolute Gasteiger partial charge is 0.337 e. The van der Waals surface area contributed by atoms with Crippen LogP contribution in [-0.4, -0.2) is 27.6 Å². The van der Waals surface area contributed by atoms with E-state index in [1.54, 1.807) is 11.9 Å². The maximum Gasteiger partial charge on any atom is 0.287 e. The minimum atomic E-state index is -0.580. The molecule has 22 heavy (non-hydrogen) atoms. The molecule has 0 saturated carbocycles. The highest BCUT2D eigenvalue weighted by molar-refractivity contribution is 6.41. The number of aromatic nitrogens is 2. The molecule has 0 radical (unpaired) electrons. The van der Waals surface area contributed by atoms with Gasteiger partial charge < -0.3 is 4.90 Å². The van der Waals surface area contributed by atoms with E-state index in [1.807, 2.05) is 37.3 Å². The number of halogens is 2. The van der Waals surface area contributed by atoms with Crippen molar-refractivity contribution in [1.29, 1.82) is 0 Å². The molecule has 1 aromatic carbocycles. The van der Waals surface area contributed by atoms with Crippen LogP contribution in [0.25, 0.3) is 0 Å². The number of nitrogens with zero attached hydrogens (tertiary/aromatic N) is 3. The van der Waals surface area contributed by atoms with E-state index < -0.39 is 5.56 Å². The van der Waals surface area contributed by atoms with Gasteiger partial charge in [0.05, 0.1) is 17.3 Å². The molecule has 0 aliphatic rings. The molecule has 1 aromatic heterocycles. The number of carbonyl (C=O) groups is 1. The van der Waals surface area contributed by atoms with Gasteiger partial charge in [0.15, 0.2) is 0 Å². The van der Waals surface area contributed by atoms with Gasteiger partial charge in [-0.25, -0.2) is 4.68 Å². The number of hydrogen-bond donors (Lipinski definition) is 0. The Labute approximate surface area is 138 Å². The minimum Gasteiger partial charge on any atom is -0.337 e. The second kappa shape index (κ2) is 6.94.